The quantitative estimate of drug-likeness (QED) is 0.141. The first kappa shape index (κ1) is 90.7. The number of hydrogen-bond donors (Lipinski definition) is 0. The zero-order valence-corrected chi connectivity index (χ0v) is 47.4. The molecule has 0 unspecified atom stereocenters. The normalized spacial score (nSPS) is 11.9. The molecule has 0 saturated carbocycles. The van der Waals surface area contributed by atoms with Crippen LogP contribution >= 0.6 is 31.6 Å². The van der Waals surface area contributed by atoms with Crippen LogP contribution in [0.15, 0.2) is 0 Å². The second kappa shape index (κ2) is 38.3. The van der Waals surface area contributed by atoms with Gasteiger partial charge in [0.2, 0.25) is 0 Å². The maximum absolute atomic E-state index is 10.1. The summed E-state index contributed by atoms with van der Waals surface area (Å²) >= 11 is 0. The first-order valence-electron chi connectivity index (χ1n) is 17.2. The van der Waals surface area contributed by atoms with Gasteiger partial charge < -0.3 is 93.3 Å². The molecule has 60 heavy (non-hydrogen) atoms. The second-order valence-electron chi connectivity index (χ2n) is 23.2. The molecule has 0 aromatic carbocycles. The lowest BCUT2D eigenvalue weighted by Crippen LogP contribution is -2.27. The van der Waals surface area contributed by atoms with E-state index in [0.717, 1.165) is 35.9 Å². The Bertz CT molecular complexity index is 819. The van der Waals surface area contributed by atoms with E-state index in [1.165, 1.54) is 0 Å². The highest BCUT2D eigenvalue weighted by atomic mass is 31.2. The molecule has 0 aliphatic heterocycles. The van der Waals surface area contributed by atoms with Gasteiger partial charge in [0.15, 0.2) is 0 Å². The molecule has 0 aromatic rings. The molecule has 0 amide bonds. The van der Waals surface area contributed by atoms with E-state index in [1.807, 2.05) is 0 Å². The van der Waals surface area contributed by atoms with Crippen molar-refractivity contribution in [1.82, 2.24) is 0 Å². The van der Waals surface area contributed by atoms with Crippen molar-refractivity contribution in [3.05, 3.63) is 0 Å². The number of hydrogen-bond acceptors (Lipinski definition) is 12. The van der Waals surface area contributed by atoms with Gasteiger partial charge in [-0.05, 0) is 0 Å². The minimum atomic E-state index is -5.64. The van der Waals surface area contributed by atoms with E-state index in [2.05, 4.69) is 226 Å². The minimum Gasteiger partial charge on any atom is -0.786 e. The fourth-order valence-corrected chi connectivity index (χ4v) is 0. The first-order valence-corrected chi connectivity index (χ1v) is 22.9. The Hall–Kier alpha value is -0.000000000000000167. The maximum Gasteiger partial charge on any atom is 0.110 e. The Kier molecular flexibility index (Phi) is 57.8. The SMILES string of the molecule is C[N+](C)(C)C.C[N+](C)(C)C.C[N+](C)(C)C.C[N+](C)(C)C.C[N+](C)(C)C.C[N+](C)(C)C.C[N+](C)(C)C.C[N+](C)(C)C.O=P([O-])([O-])F.O=P([O-])([O-])F.O=P([O-])([O-])F.O=P([O-])([O-])F. The van der Waals surface area contributed by atoms with Crippen LogP contribution in [0.2, 0.25) is 0 Å². The van der Waals surface area contributed by atoms with Crippen molar-refractivity contribution in [3.63, 3.8) is 0 Å². The average Bonchev–Trinajstić information content (AvgIpc) is 2.48. The van der Waals surface area contributed by atoms with E-state index in [9.17, 15) is 16.8 Å². The predicted octanol–water partition coefficient (Wildman–Crippen LogP) is -2.28. The molecular weight excluding hydrogens is 888 g/mol. The molecule has 0 heterocycles. The van der Waals surface area contributed by atoms with Crippen LogP contribution in [0.4, 0.5) is 16.8 Å². The molecule has 20 nitrogen and oxygen atoms in total. The Morgan fingerprint density at radius 3 is 0.200 bits per heavy atom. The van der Waals surface area contributed by atoms with Crippen molar-refractivity contribution >= 4 is 31.6 Å². The summed E-state index contributed by atoms with van der Waals surface area (Å²) in [6.45, 7) is 0. The fraction of sp³-hybridized carbons (Fsp3) is 1.00. The fourth-order valence-electron chi connectivity index (χ4n) is 0. The van der Waals surface area contributed by atoms with Crippen molar-refractivity contribution < 1.29 is 110 Å². The standard InChI is InChI=1S/8C4H12N.4FH2O3P/c12*1-5(2,3)4/h8*1-4H3;4*(H2,2,3,4)/q8*+1;;;;/p-8. The third kappa shape index (κ3) is 6789999999999999643137954952696037376. The lowest BCUT2D eigenvalue weighted by molar-refractivity contribution is -0.849. The molecule has 0 atom stereocenters. The van der Waals surface area contributed by atoms with Gasteiger partial charge in [0.25, 0.3) is 0 Å². The summed E-state index contributed by atoms with van der Waals surface area (Å²) in [5.41, 5.74) is 0. The Morgan fingerprint density at radius 2 is 0.200 bits per heavy atom. The molecule has 0 bridgehead atoms. The molecule has 384 valence electrons. The zero-order chi connectivity index (χ0) is 54.0. The van der Waals surface area contributed by atoms with E-state index >= 15 is 0 Å². The Balaban J connectivity index is -0.0000000419. The van der Waals surface area contributed by atoms with Crippen LogP contribution in [0.3, 0.4) is 0 Å². The van der Waals surface area contributed by atoms with Crippen LogP contribution < -0.4 is 39.1 Å². The third-order valence-electron chi connectivity index (χ3n) is 0. The van der Waals surface area contributed by atoms with Crippen LogP contribution in [-0.4, -0.2) is 261 Å². The number of quaternary nitrogens is 8. The van der Waals surface area contributed by atoms with Crippen LogP contribution in [0, 0.1) is 0 Å². The molecule has 0 aliphatic rings. The summed E-state index contributed by atoms with van der Waals surface area (Å²) in [5, 5.41) is 0. The lowest BCUT2D eigenvalue weighted by Gasteiger charge is -2.15. The van der Waals surface area contributed by atoms with E-state index in [4.69, 9.17) is 57.4 Å². The summed E-state index contributed by atoms with van der Waals surface area (Å²) < 4.78 is 82.3. The van der Waals surface area contributed by atoms with Gasteiger partial charge in [-0.15, -0.1) is 0 Å². The zero-order valence-electron chi connectivity index (χ0n) is 43.8. The Morgan fingerprint density at radius 1 is 0.200 bits per heavy atom. The van der Waals surface area contributed by atoms with Gasteiger partial charge >= 0.3 is 0 Å². The van der Waals surface area contributed by atoms with E-state index in [-0.39, 0.29) is 0 Å². The van der Waals surface area contributed by atoms with Crippen molar-refractivity contribution in [2.75, 3.05) is 226 Å². The molecule has 0 aliphatic carbocycles. The number of halogens is 4. The van der Waals surface area contributed by atoms with Gasteiger partial charge in [0.05, 0.1) is 226 Å². The second-order valence-corrected chi connectivity index (χ2v) is 26.6. The van der Waals surface area contributed by atoms with E-state index in [1.54, 1.807) is 0 Å². The first-order chi connectivity index (χ1) is 24.0. The summed E-state index contributed by atoms with van der Waals surface area (Å²) in [7, 11) is 45.4. The van der Waals surface area contributed by atoms with Crippen LogP contribution in [-0.2, 0) is 18.3 Å². The molecule has 0 spiro atoms. The lowest BCUT2D eigenvalue weighted by atomic mass is 10.8. The minimum absolute atomic E-state index is 1.00. The number of rotatable bonds is 0. The highest BCUT2D eigenvalue weighted by Gasteiger charge is 1.91. The summed E-state index contributed by atoms with van der Waals surface area (Å²) in [5.74, 6) is 0. The largest absolute Gasteiger partial charge is 0.786 e. The van der Waals surface area contributed by atoms with E-state index in [0.29, 0.717) is 0 Å². The van der Waals surface area contributed by atoms with Crippen LogP contribution in [0.5, 0.6) is 0 Å². The molecule has 0 N–H and O–H groups in total. The number of nitrogens with zero attached hydrogens (tertiary/aromatic N) is 8. The molecule has 0 rings (SSSR count). The smallest absolute Gasteiger partial charge is 0.110 e. The molecular formula is C32H96F4N8O12P4. The van der Waals surface area contributed by atoms with E-state index < -0.39 is 31.6 Å². The van der Waals surface area contributed by atoms with Gasteiger partial charge in [-0.25, -0.2) is 16.8 Å². The Labute approximate surface area is 366 Å². The van der Waals surface area contributed by atoms with Crippen molar-refractivity contribution in [2.24, 2.45) is 0 Å². The monoisotopic (exact) mass is 985 g/mol. The van der Waals surface area contributed by atoms with Gasteiger partial charge in [-0.3, -0.25) is 0 Å². The highest BCUT2D eigenvalue weighted by Crippen LogP contribution is 2.23. The third-order valence-corrected chi connectivity index (χ3v) is 0. The van der Waals surface area contributed by atoms with Crippen LogP contribution in [0.1, 0.15) is 0 Å². The molecule has 0 aromatic heterocycles. The molecule has 28 heteroatoms. The van der Waals surface area contributed by atoms with Crippen molar-refractivity contribution in [3.8, 4) is 0 Å². The predicted molar refractivity (Wildman–Crippen MR) is 227 cm³/mol. The van der Waals surface area contributed by atoms with Gasteiger partial charge in [-0.2, -0.15) is 0 Å². The van der Waals surface area contributed by atoms with Crippen molar-refractivity contribution in [1.29, 1.82) is 0 Å². The molecule has 0 radical (unpaired) electrons. The molecule has 0 saturated heterocycles. The maximum atomic E-state index is 10.1. The summed E-state index contributed by atoms with van der Waals surface area (Å²) in [4.78, 5) is 67.5. The van der Waals surface area contributed by atoms with Crippen molar-refractivity contribution in [2.45, 2.75) is 0 Å². The summed E-state index contributed by atoms with van der Waals surface area (Å²) in [6.07, 6.45) is 0. The van der Waals surface area contributed by atoms with Gasteiger partial charge in [0.1, 0.15) is 31.6 Å². The van der Waals surface area contributed by atoms with Gasteiger partial charge in [0, 0.05) is 0 Å². The highest BCUT2D eigenvalue weighted by molar-refractivity contribution is 7.43. The average molecular weight is 985 g/mol. The van der Waals surface area contributed by atoms with Gasteiger partial charge in [-0.1, -0.05) is 0 Å². The van der Waals surface area contributed by atoms with Crippen LogP contribution in [0.25, 0.3) is 0 Å². The molecule has 0 fully saturated rings. The topological polar surface area (TPSA) is 253 Å². The summed E-state index contributed by atoms with van der Waals surface area (Å²) in [6, 6.07) is 0.